The molecule has 0 aromatic heterocycles. The minimum absolute atomic E-state index is 0.120. The van der Waals surface area contributed by atoms with E-state index in [1.165, 1.54) is 16.2 Å². The summed E-state index contributed by atoms with van der Waals surface area (Å²) in [4.78, 5) is 30.2. The third-order valence-corrected chi connectivity index (χ3v) is 7.71. The minimum Gasteiger partial charge on any atom is -0.366 e. The van der Waals surface area contributed by atoms with E-state index in [-0.39, 0.29) is 16.7 Å². The molecular formula is C28H34N2O2S. The van der Waals surface area contributed by atoms with E-state index in [0.29, 0.717) is 17.4 Å². The SMILES string of the molecule is CCCN1c2cc(C)c(/C=C3/SC(=O)N(Cc4cccc(C)c4)C3=O)cc2C(C)CC1(C)C. The molecular weight excluding hydrogens is 428 g/mol. The Labute approximate surface area is 202 Å². The van der Waals surface area contributed by atoms with E-state index in [9.17, 15) is 9.59 Å². The number of rotatable bonds is 5. The third-order valence-electron chi connectivity index (χ3n) is 6.80. The smallest absolute Gasteiger partial charge is 0.293 e. The molecule has 33 heavy (non-hydrogen) atoms. The number of anilines is 1. The van der Waals surface area contributed by atoms with Gasteiger partial charge >= 0.3 is 0 Å². The van der Waals surface area contributed by atoms with E-state index < -0.39 is 0 Å². The van der Waals surface area contributed by atoms with Crippen molar-refractivity contribution in [2.75, 3.05) is 11.4 Å². The van der Waals surface area contributed by atoms with E-state index in [1.54, 1.807) is 0 Å². The van der Waals surface area contributed by atoms with Crippen LogP contribution in [0.1, 0.15) is 74.3 Å². The molecule has 2 amide bonds. The molecule has 5 heteroatoms. The Balaban J connectivity index is 1.65. The van der Waals surface area contributed by atoms with E-state index in [1.807, 2.05) is 37.3 Å². The Hall–Kier alpha value is -2.53. The highest BCUT2D eigenvalue weighted by Gasteiger charge is 2.37. The zero-order valence-electron chi connectivity index (χ0n) is 20.6. The molecule has 1 atom stereocenters. The Morgan fingerprint density at radius 1 is 1.15 bits per heavy atom. The van der Waals surface area contributed by atoms with Gasteiger partial charge in [-0.2, -0.15) is 0 Å². The number of hydrogen-bond acceptors (Lipinski definition) is 4. The first kappa shape index (κ1) is 23.6. The third kappa shape index (κ3) is 4.61. The topological polar surface area (TPSA) is 40.6 Å². The number of amides is 2. The maximum Gasteiger partial charge on any atom is 0.293 e. The first-order valence-corrected chi connectivity index (χ1v) is 12.7. The van der Waals surface area contributed by atoms with Gasteiger partial charge in [0.2, 0.25) is 0 Å². The summed E-state index contributed by atoms with van der Waals surface area (Å²) in [5.41, 5.74) is 7.00. The van der Waals surface area contributed by atoms with Crippen molar-refractivity contribution in [1.82, 2.24) is 4.90 Å². The highest BCUT2D eigenvalue weighted by Crippen LogP contribution is 2.45. The Morgan fingerprint density at radius 2 is 1.91 bits per heavy atom. The monoisotopic (exact) mass is 462 g/mol. The lowest BCUT2D eigenvalue weighted by Gasteiger charge is -2.48. The largest absolute Gasteiger partial charge is 0.366 e. The number of carbonyl (C=O) groups is 2. The fourth-order valence-electron chi connectivity index (χ4n) is 5.22. The summed E-state index contributed by atoms with van der Waals surface area (Å²) in [6, 6.07) is 12.5. The molecule has 0 aliphatic carbocycles. The van der Waals surface area contributed by atoms with Gasteiger partial charge in [-0.15, -0.1) is 0 Å². The van der Waals surface area contributed by atoms with Gasteiger partial charge in [-0.25, -0.2) is 0 Å². The number of carbonyl (C=O) groups excluding carboxylic acids is 2. The Bertz CT molecular complexity index is 1130. The predicted molar refractivity (Wildman–Crippen MR) is 139 cm³/mol. The van der Waals surface area contributed by atoms with Gasteiger partial charge in [0.15, 0.2) is 0 Å². The van der Waals surface area contributed by atoms with Gasteiger partial charge in [-0.05, 0) is 98.7 Å². The molecule has 2 aromatic rings. The lowest BCUT2D eigenvalue weighted by atomic mass is 9.79. The Morgan fingerprint density at radius 3 is 2.61 bits per heavy atom. The van der Waals surface area contributed by atoms with Crippen molar-refractivity contribution >= 4 is 34.7 Å². The minimum atomic E-state index is -0.203. The quantitative estimate of drug-likeness (QED) is 0.447. The zero-order valence-corrected chi connectivity index (χ0v) is 21.4. The fraction of sp³-hybridized carbons (Fsp3) is 0.429. The lowest BCUT2D eigenvalue weighted by molar-refractivity contribution is -0.123. The number of thioether (sulfide) groups is 1. The fourth-order valence-corrected chi connectivity index (χ4v) is 6.05. The van der Waals surface area contributed by atoms with Crippen LogP contribution in [0.15, 0.2) is 41.3 Å². The van der Waals surface area contributed by atoms with Crippen molar-refractivity contribution in [2.24, 2.45) is 0 Å². The number of benzene rings is 2. The summed E-state index contributed by atoms with van der Waals surface area (Å²) in [7, 11) is 0. The van der Waals surface area contributed by atoms with Gasteiger partial charge in [-0.3, -0.25) is 14.5 Å². The van der Waals surface area contributed by atoms with Crippen LogP contribution in [0.2, 0.25) is 0 Å². The molecule has 0 spiro atoms. The summed E-state index contributed by atoms with van der Waals surface area (Å²) in [6.07, 6.45) is 4.11. The molecule has 0 radical (unpaired) electrons. The number of aryl methyl sites for hydroxylation is 2. The van der Waals surface area contributed by atoms with Crippen molar-refractivity contribution in [3.63, 3.8) is 0 Å². The summed E-state index contributed by atoms with van der Waals surface area (Å²) in [6.45, 7) is 14.6. The molecule has 2 heterocycles. The van der Waals surface area contributed by atoms with Gasteiger partial charge < -0.3 is 4.90 Å². The summed E-state index contributed by atoms with van der Waals surface area (Å²) in [5.74, 6) is 0.234. The van der Waals surface area contributed by atoms with Crippen LogP contribution in [0.3, 0.4) is 0 Å². The molecule has 0 bridgehead atoms. The van der Waals surface area contributed by atoms with Gasteiger partial charge in [0.05, 0.1) is 11.4 Å². The van der Waals surface area contributed by atoms with E-state index in [4.69, 9.17) is 0 Å². The van der Waals surface area contributed by atoms with Gasteiger partial charge in [0, 0.05) is 17.8 Å². The van der Waals surface area contributed by atoms with E-state index in [0.717, 1.165) is 53.4 Å². The molecule has 1 saturated heterocycles. The maximum absolute atomic E-state index is 13.1. The lowest BCUT2D eigenvalue weighted by Crippen LogP contribution is -2.48. The van der Waals surface area contributed by atoms with Crippen molar-refractivity contribution in [3.05, 3.63) is 69.1 Å². The highest BCUT2D eigenvalue weighted by molar-refractivity contribution is 8.18. The average Bonchev–Trinajstić information content (AvgIpc) is 2.99. The van der Waals surface area contributed by atoms with Crippen LogP contribution in [0.4, 0.5) is 10.5 Å². The van der Waals surface area contributed by atoms with Crippen LogP contribution in [0.25, 0.3) is 6.08 Å². The summed E-state index contributed by atoms with van der Waals surface area (Å²) < 4.78 is 0. The molecule has 4 nitrogen and oxygen atoms in total. The van der Waals surface area contributed by atoms with Crippen molar-refractivity contribution < 1.29 is 9.59 Å². The number of hydrogen-bond donors (Lipinski definition) is 0. The molecule has 2 aromatic carbocycles. The maximum atomic E-state index is 13.1. The van der Waals surface area contributed by atoms with Crippen LogP contribution in [0, 0.1) is 13.8 Å². The molecule has 1 fully saturated rings. The van der Waals surface area contributed by atoms with Crippen LogP contribution in [0.5, 0.6) is 0 Å². The highest BCUT2D eigenvalue weighted by atomic mass is 32.2. The predicted octanol–water partition coefficient (Wildman–Crippen LogP) is 7.04. The normalized spacial score (nSPS) is 21.2. The van der Waals surface area contributed by atoms with E-state index in [2.05, 4.69) is 51.7 Å². The number of nitrogens with zero attached hydrogens (tertiary/aromatic N) is 2. The van der Waals surface area contributed by atoms with E-state index >= 15 is 0 Å². The standard InChI is InChI=1S/C28H34N2O2S/c1-7-11-30-24-13-19(3)22(14-23(24)20(4)16-28(30,5)6)15-25-26(31)29(27(32)33-25)17-21-10-8-9-18(2)12-21/h8-10,12-15,20H,7,11,16-17H2,1-6H3/b25-15+. The summed E-state index contributed by atoms with van der Waals surface area (Å²) >= 11 is 1.04. The molecule has 1 unspecified atom stereocenters. The molecule has 174 valence electrons. The average molecular weight is 463 g/mol. The molecule has 0 saturated carbocycles. The first-order chi connectivity index (χ1) is 15.6. The molecule has 2 aliphatic heterocycles. The van der Waals surface area contributed by atoms with Crippen molar-refractivity contribution in [2.45, 2.75) is 72.4 Å². The molecule has 2 aliphatic rings. The van der Waals surface area contributed by atoms with Gasteiger partial charge in [0.1, 0.15) is 0 Å². The van der Waals surface area contributed by atoms with Crippen LogP contribution in [-0.2, 0) is 11.3 Å². The molecule has 0 N–H and O–H groups in total. The number of fused-ring (bicyclic) bond motifs is 1. The van der Waals surface area contributed by atoms with Gasteiger partial charge in [0.25, 0.3) is 11.1 Å². The number of imide groups is 1. The Kier molecular flexibility index (Phi) is 6.45. The van der Waals surface area contributed by atoms with Crippen LogP contribution >= 0.6 is 11.8 Å². The van der Waals surface area contributed by atoms with Gasteiger partial charge in [-0.1, -0.05) is 43.7 Å². The zero-order chi connectivity index (χ0) is 23.9. The van der Waals surface area contributed by atoms with Crippen LogP contribution < -0.4 is 4.90 Å². The van der Waals surface area contributed by atoms with Crippen molar-refractivity contribution in [1.29, 1.82) is 0 Å². The first-order valence-electron chi connectivity index (χ1n) is 11.8. The van der Waals surface area contributed by atoms with Crippen molar-refractivity contribution in [3.8, 4) is 0 Å². The van der Waals surface area contributed by atoms with Crippen LogP contribution in [-0.4, -0.2) is 28.1 Å². The summed E-state index contributed by atoms with van der Waals surface area (Å²) in [5, 5.41) is -0.201. The second-order valence-electron chi connectivity index (χ2n) is 10.1. The molecule has 4 rings (SSSR count). The second-order valence-corrected chi connectivity index (χ2v) is 11.1. The second kappa shape index (κ2) is 9.02.